The monoisotopic (exact) mass is 884 g/mol. The van der Waals surface area contributed by atoms with Crippen molar-refractivity contribution in [2.75, 3.05) is 40.9 Å². The van der Waals surface area contributed by atoms with Gasteiger partial charge in [-0.05, 0) is 44.9 Å². The van der Waals surface area contributed by atoms with Gasteiger partial charge in [-0.1, -0.05) is 224 Å². The molecule has 0 aliphatic heterocycles. The number of phosphoric ester groups is 1. The minimum atomic E-state index is -4.34. The Bertz CT molecular complexity index is 1050. The molecule has 0 aliphatic carbocycles. The minimum Gasteiger partial charge on any atom is -0.387 e. The topological polar surface area (TPSA) is 105 Å². The van der Waals surface area contributed by atoms with Crippen molar-refractivity contribution in [3.8, 4) is 0 Å². The molecule has 0 heterocycles. The highest BCUT2D eigenvalue weighted by molar-refractivity contribution is 7.47. The number of aliphatic hydroxyl groups is 1. The van der Waals surface area contributed by atoms with E-state index in [1.54, 1.807) is 6.08 Å². The van der Waals surface area contributed by atoms with E-state index in [0.29, 0.717) is 17.4 Å². The fourth-order valence-electron chi connectivity index (χ4n) is 7.74. The molecule has 8 nitrogen and oxygen atoms in total. The quantitative estimate of drug-likeness (QED) is 0.0243. The lowest BCUT2D eigenvalue weighted by molar-refractivity contribution is -0.870. The Labute approximate surface area is 379 Å². The zero-order chi connectivity index (χ0) is 45.0. The fraction of sp³-hybridized carbons (Fsp3) is 0.904. The lowest BCUT2D eigenvalue weighted by Gasteiger charge is -2.25. The van der Waals surface area contributed by atoms with Gasteiger partial charge in [0.25, 0.3) is 0 Å². The molecule has 3 atom stereocenters. The summed E-state index contributed by atoms with van der Waals surface area (Å²) < 4.78 is 23.6. The number of allylic oxidation sites excluding steroid dienone is 3. The van der Waals surface area contributed by atoms with Gasteiger partial charge >= 0.3 is 7.82 Å². The van der Waals surface area contributed by atoms with Gasteiger partial charge in [-0.2, -0.15) is 0 Å². The molecule has 0 rings (SSSR count). The van der Waals surface area contributed by atoms with Crippen LogP contribution in [-0.2, 0) is 18.4 Å². The molecule has 1 unspecified atom stereocenters. The molecule has 0 aliphatic rings. The van der Waals surface area contributed by atoms with Crippen LogP contribution in [0.15, 0.2) is 24.3 Å². The zero-order valence-electron chi connectivity index (χ0n) is 41.2. The van der Waals surface area contributed by atoms with E-state index in [0.717, 1.165) is 38.5 Å². The summed E-state index contributed by atoms with van der Waals surface area (Å²) in [5, 5.41) is 13.9. The number of phosphoric acid groups is 1. The van der Waals surface area contributed by atoms with Crippen molar-refractivity contribution >= 4 is 13.7 Å². The van der Waals surface area contributed by atoms with E-state index < -0.39 is 20.0 Å². The number of likely N-dealkylation sites (N-methyl/N-ethyl adjacent to an activating group) is 1. The number of amides is 1. The van der Waals surface area contributed by atoms with E-state index in [1.165, 1.54) is 193 Å². The standard InChI is InChI=1S/C52H103N2O6P/c1-6-8-10-12-14-16-18-20-22-24-25-26-27-28-29-30-32-34-36-38-40-42-44-46-52(56)53-50(49-60-61(57,58)59-48-47-54(3,4)5)51(55)45-43-41-39-37-35-33-31-23-21-19-17-15-13-11-9-7-2/h20,22,43,45,50-51,55H,6-19,21,23-42,44,46-49H2,1-5H3,(H-,53,56,57,58)/p+1/b22-20+,45-43+/t50-,51+/m0/s1. The zero-order valence-corrected chi connectivity index (χ0v) is 42.1. The van der Waals surface area contributed by atoms with Gasteiger partial charge in [0.1, 0.15) is 13.2 Å². The Kier molecular flexibility index (Phi) is 43.5. The van der Waals surface area contributed by atoms with Crippen LogP contribution in [0.4, 0.5) is 0 Å². The molecule has 362 valence electrons. The van der Waals surface area contributed by atoms with Crippen LogP contribution in [0.2, 0.25) is 0 Å². The molecule has 1 amide bonds. The smallest absolute Gasteiger partial charge is 0.387 e. The third-order valence-electron chi connectivity index (χ3n) is 11.9. The van der Waals surface area contributed by atoms with Crippen LogP contribution >= 0.6 is 7.82 Å². The van der Waals surface area contributed by atoms with Crippen molar-refractivity contribution in [2.24, 2.45) is 0 Å². The first-order chi connectivity index (χ1) is 29.5. The van der Waals surface area contributed by atoms with Gasteiger partial charge in [0.05, 0.1) is 39.9 Å². The highest BCUT2D eigenvalue weighted by Crippen LogP contribution is 2.43. The number of hydrogen-bond acceptors (Lipinski definition) is 5. The molecule has 3 N–H and O–H groups in total. The summed E-state index contributed by atoms with van der Waals surface area (Å²) in [6.07, 6.45) is 54.0. The van der Waals surface area contributed by atoms with E-state index in [2.05, 4.69) is 31.3 Å². The molecule has 0 aromatic heterocycles. The van der Waals surface area contributed by atoms with E-state index in [4.69, 9.17) is 9.05 Å². The lowest BCUT2D eigenvalue weighted by atomic mass is 10.0. The van der Waals surface area contributed by atoms with Crippen molar-refractivity contribution < 1.29 is 32.9 Å². The highest BCUT2D eigenvalue weighted by Gasteiger charge is 2.27. The van der Waals surface area contributed by atoms with Crippen LogP contribution in [-0.4, -0.2) is 73.4 Å². The summed E-state index contributed by atoms with van der Waals surface area (Å²) in [5.74, 6) is -0.174. The third-order valence-corrected chi connectivity index (χ3v) is 12.9. The number of unbranched alkanes of at least 4 members (excludes halogenated alkanes) is 33. The number of nitrogens with zero attached hydrogens (tertiary/aromatic N) is 1. The normalized spacial score (nSPS) is 14.3. The Morgan fingerprint density at radius 1 is 0.541 bits per heavy atom. The summed E-state index contributed by atoms with van der Waals surface area (Å²) in [6.45, 7) is 4.84. The summed E-state index contributed by atoms with van der Waals surface area (Å²) in [7, 11) is 1.58. The first kappa shape index (κ1) is 60.0. The van der Waals surface area contributed by atoms with Crippen LogP contribution in [0.5, 0.6) is 0 Å². The van der Waals surface area contributed by atoms with Crippen LogP contribution in [0, 0.1) is 0 Å². The predicted molar refractivity (Wildman–Crippen MR) is 263 cm³/mol. The fourth-order valence-corrected chi connectivity index (χ4v) is 8.48. The lowest BCUT2D eigenvalue weighted by Crippen LogP contribution is -2.45. The van der Waals surface area contributed by atoms with Crippen LogP contribution in [0.25, 0.3) is 0 Å². The number of carbonyl (C=O) groups is 1. The van der Waals surface area contributed by atoms with Gasteiger partial charge in [0.15, 0.2) is 0 Å². The molecule has 0 saturated carbocycles. The summed E-state index contributed by atoms with van der Waals surface area (Å²) in [5.41, 5.74) is 0. The Balaban J connectivity index is 4.24. The van der Waals surface area contributed by atoms with Gasteiger partial charge < -0.3 is 19.8 Å². The molecular weight excluding hydrogens is 780 g/mol. The first-order valence-corrected chi connectivity index (χ1v) is 27.7. The summed E-state index contributed by atoms with van der Waals surface area (Å²) >= 11 is 0. The van der Waals surface area contributed by atoms with Crippen molar-refractivity contribution in [1.29, 1.82) is 0 Å². The maximum atomic E-state index is 12.9. The molecule has 0 radical (unpaired) electrons. The average molecular weight is 884 g/mol. The summed E-state index contributed by atoms with van der Waals surface area (Å²) in [4.78, 5) is 23.2. The third kappa shape index (κ3) is 46.8. The minimum absolute atomic E-state index is 0.0633. The first-order valence-electron chi connectivity index (χ1n) is 26.2. The van der Waals surface area contributed by atoms with E-state index in [-0.39, 0.29) is 19.1 Å². The molecule has 0 saturated heterocycles. The number of aliphatic hydroxyl groups excluding tert-OH is 1. The van der Waals surface area contributed by atoms with E-state index >= 15 is 0 Å². The molecule has 0 fully saturated rings. The molecule has 61 heavy (non-hydrogen) atoms. The Morgan fingerprint density at radius 2 is 0.885 bits per heavy atom. The van der Waals surface area contributed by atoms with Crippen molar-refractivity contribution in [2.45, 2.75) is 264 Å². The molecule has 0 spiro atoms. The van der Waals surface area contributed by atoms with E-state index in [9.17, 15) is 19.4 Å². The molecule has 9 heteroatoms. The van der Waals surface area contributed by atoms with Crippen LogP contribution in [0.1, 0.15) is 251 Å². The molecule has 0 aromatic rings. The molecule has 0 bridgehead atoms. The Hall–Kier alpha value is -1.02. The summed E-state index contributed by atoms with van der Waals surface area (Å²) in [6, 6.07) is -0.843. The van der Waals surface area contributed by atoms with Crippen molar-refractivity contribution in [3.05, 3.63) is 24.3 Å². The van der Waals surface area contributed by atoms with E-state index in [1.807, 2.05) is 27.2 Å². The second-order valence-electron chi connectivity index (χ2n) is 19.3. The van der Waals surface area contributed by atoms with Crippen LogP contribution < -0.4 is 5.32 Å². The van der Waals surface area contributed by atoms with Crippen molar-refractivity contribution in [3.63, 3.8) is 0 Å². The number of rotatable bonds is 48. The predicted octanol–water partition coefficient (Wildman–Crippen LogP) is 15.3. The van der Waals surface area contributed by atoms with Gasteiger partial charge in [-0.3, -0.25) is 13.8 Å². The SMILES string of the molecule is CCCCCCCC/C=C/CCCCCCCCCCCCCCCC(=O)N[C@@H](COP(=O)(O)OCC[N+](C)(C)C)[C@H](O)/C=C/CCCCCCCCCCCCCCCC. The van der Waals surface area contributed by atoms with Crippen LogP contribution in [0.3, 0.4) is 0 Å². The average Bonchev–Trinajstić information content (AvgIpc) is 3.21. The molecule has 0 aromatic carbocycles. The Morgan fingerprint density at radius 3 is 1.26 bits per heavy atom. The van der Waals surface area contributed by atoms with Gasteiger partial charge in [-0.15, -0.1) is 0 Å². The second-order valence-corrected chi connectivity index (χ2v) is 20.7. The number of carbonyl (C=O) groups excluding carboxylic acids is 1. The van der Waals surface area contributed by atoms with Crippen molar-refractivity contribution in [1.82, 2.24) is 5.32 Å². The van der Waals surface area contributed by atoms with Gasteiger partial charge in [0, 0.05) is 6.42 Å². The largest absolute Gasteiger partial charge is 0.472 e. The number of nitrogens with one attached hydrogen (secondary N) is 1. The van der Waals surface area contributed by atoms with Gasteiger partial charge in [-0.25, -0.2) is 4.57 Å². The number of quaternary nitrogens is 1. The number of hydrogen-bond donors (Lipinski definition) is 3. The van der Waals surface area contributed by atoms with Gasteiger partial charge in [0.2, 0.25) is 5.91 Å². The maximum Gasteiger partial charge on any atom is 0.472 e. The maximum absolute atomic E-state index is 12.9. The molecular formula is C52H104N2O6P+. The second kappa shape index (κ2) is 44.2. The highest BCUT2D eigenvalue weighted by atomic mass is 31.2.